The van der Waals surface area contributed by atoms with Gasteiger partial charge in [0.15, 0.2) is 0 Å². The van der Waals surface area contributed by atoms with E-state index in [1.165, 1.54) is 10.9 Å². The van der Waals surface area contributed by atoms with Gasteiger partial charge in [0.2, 0.25) is 0 Å². The normalized spacial score (nSPS) is 11.8. The Labute approximate surface area is 118 Å². The van der Waals surface area contributed by atoms with Crippen LogP contribution in [0.1, 0.15) is 5.69 Å². The summed E-state index contributed by atoms with van der Waals surface area (Å²) in [7, 11) is 1.47. The molecule has 0 aliphatic rings. The van der Waals surface area contributed by atoms with E-state index in [2.05, 4.69) is 5.10 Å². The number of hydrogen-bond acceptors (Lipinski definition) is 3. The van der Waals surface area contributed by atoms with Crippen LogP contribution in [-0.4, -0.2) is 18.2 Å². The lowest BCUT2D eigenvalue weighted by Crippen LogP contribution is -2.01. The molecule has 0 atom stereocenters. The van der Waals surface area contributed by atoms with Crippen molar-refractivity contribution in [3.8, 4) is 5.69 Å². The molecule has 1 heterocycles. The maximum atomic E-state index is 11.3. The van der Waals surface area contributed by atoms with Crippen LogP contribution in [0.15, 0.2) is 29.3 Å². The molecule has 0 N–H and O–H groups in total. The first-order valence-corrected chi connectivity index (χ1v) is 7.82. The summed E-state index contributed by atoms with van der Waals surface area (Å²) in [6.45, 7) is 1.59. The number of halogens is 3. The van der Waals surface area contributed by atoms with Crippen molar-refractivity contribution in [1.82, 2.24) is 9.78 Å². The van der Waals surface area contributed by atoms with Gasteiger partial charge in [0, 0.05) is 15.7 Å². The molecule has 2 rings (SSSR count). The van der Waals surface area contributed by atoms with E-state index < -0.39 is 9.05 Å². The van der Waals surface area contributed by atoms with Crippen LogP contribution in [0.3, 0.4) is 0 Å². The molecule has 0 spiro atoms. The first kappa shape index (κ1) is 13.7. The smallest absolute Gasteiger partial charge is 0.235 e. The van der Waals surface area contributed by atoms with Crippen molar-refractivity contribution in [1.29, 1.82) is 0 Å². The maximum absolute atomic E-state index is 11.3. The third-order valence-corrected chi connectivity index (χ3v) is 4.33. The molecule has 4 nitrogen and oxygen atoms in total. The van der Waals surface area contributed by atoms with Crippen molar-refractivity contribution in [3.63, 3.8) is 0 Å². The van der Waals surface area contributed by atoms with Gasteiger partial charge in [0.1, 0.15) is 4.90 Å². The number of rotatable bonds is 2. The lowest BCUT2D eigenvalue weighted by atomic mass is 10.3. The van der Waals surface area contributed by atoms with Crippen LogP contribution in [0, 0.1) is 6.92 Å². The van der Waals surface area contributed by atoms with Gasteiger partial charge in [-0.05, 0) is 25.1 Å². The van der Waals surface area contributed by atoms with E-state index in [1.807, 2.05) is 0 Å². The zero-order chi connectivity index (χ0) is 13.5. The average Bonchev–Trinajstić information content (AvgIpc) is 2.60. The van der Waals surface area contributed by atoms with Gasteiger partial charge < -0.3 is 0 Å². The molecule has 1 aromatic heterocycles. The Kier molecular flexibility index (Phi) is 3.60. The molecule has 0 radical (unpaired) electrons. The summed E-state index contributed by atoms with van der Waals surface area (Å²) < 4.78 is 24.0. The SMILES string of the molecule is Cc1c(S(=O)(=O)Cl)cnn1-c1ccc(Cl)cc1Cl. The number of nitrogens with zero attached hydrogens (tertiary/aromatic N) is 2. The molecule has 0 unspecified atom stereocenters. The molecule has 18 heavy (non-hydrogen) atoms. The van der Waals surface area contributed by atoms with Crippen molar-refractivity contribution < 1.29 is 8.42 Å². The Balaban J connectivity index is 2.63. The Morgan fingerprint density at radius 1 is 1.28 bits per heavy atom. The molecule has 0 saturated heterocycles. The quantitative estimate of drug-likeness (QED) is 0.795. The van der Waals surface area contributed by atoms with Crippen molar-refractivity contribution in [3.05, 3.63) is 40.1 Å². The molecular weight excluding hydrogens is 319 g/mol. The third-order valence-electron chi connectivity index (χ3n) is 2.37. The van der Waals surface area contributed by atoms with Gasteiger partial charge in [-0.15, -0.1) is 0 Å². The molecule has 0 aliphatic carbocycles. The molecule has 8 heteroatoms. The molecule has 96 valence electrons. The highest BCUT2D eigenvalue weighted by atomic mass is 35.7. The van der Waals surface area contributed by atoms with E-state index in [0.29, 0.717) is 21.4 Å². The topological polar surface area (TPSA) is 52.0 Å². The van der Waals surface area contributed by atoms with E-state index in [0.717, 1.165) is 0 Å². The fraction of sp³-hybridized carbons (Fsp3) is 0.100. The van der Waals surface area contributed by atoms with Gasteiger partial charge in [-0.25, -0.2) is 13.1 Å². The Hall–Kier alpha value is -0.750. The van der Waals surface area contributed by atoms with Crippen LogP contribution in [0.25, 0.3) is 5.69 Å². The van der Waals surface area contributed by atoms with Gasteiger partial charge in [0.25, 0.3) is 9.05 Å². The highest BCUT2D eigenvalue weighted by molar-refractivity contribution is 8.13. The largest absolute Gasteiger partial charge is 0.264 e. The maximum Gasteiger partial charge on any atom is 0.264 e. The second kappa shape index (κ2) is 4.74. The first-order chi connectivity index (χ1) is 8.30. The second-order valence-corrected chi connectivity index (χ2v) is 6.92. The van der Waals surface area contributed by atoms with E-state index in [1.54, 1.807) is 25.1 Å². The number of hydrogen-bond donors (Lipinski definition) is 0. The minimum Gasteiger partial charge on any atom is -0.235 e. The lowest BCUT2D eigenvalue weighted by Gasteiger charge is -2.07. The fourth-order valence-electron chi connectivity index (χ4n) is 1.53. The lowest BCUT2D eigenvalue weighted by molar-refractivity contribution is 0.609. The van der Waals surface area contributed by atoms with Crippen molar-refractivity contribution in [2.24, 2.45) is 0 Å². The molecule has 0 amide bonds. The van der Waals surface area contributed by atoms with Gasteiger partial charge in [-0.2, -0.15) is 5.10 Å². The summed E-state index contributed by atoms with van der Waals surface area (Å²) in [6.07, 6.45) is 1.18. The zero-order valence-corrected chi connectivity index (χ0v) is 12.1. The van der Waals surface area contributed by atoms with Gasteiger partial charge in [0.05, 0.1) is 22.6 Å². The Morgan fingerprint density at radius 2 is 1.94 bits per heavy atom. The van der Waals surface area contributed by atoms with Crippen LogP contribution in [0.5, 0.6) is 0 Å². The van der Waals surface area contributed by atoms with Gasteiger partial charge in [-0.1, -0.05) is 23.2 Å². The Bertz CT molecular complexity index is 710. The monoisotopic (exact) mass is 324 g/mol. The molecule has 0 fully saturated rings. The molecule has 0 aliphatic heterocycles. The fourth-order valence-corrected chi connectivity index (χ4v) is 3.09. The summed E-state index contributed by atoms with van der Waals surface area (Å²) in [5.74, 6) is 0. The predicted molar refractivity (Wildman–Crippen MR) is 71.4 cm³/mol. The highest BCUT2D eigenvalue weighted by Crippen LogP contribution is 2.27. The summed E-state index contributed by atoms with van der Waals surface area (Å²) in [4.78, 5) is -0.0461. The van der Waals surface area contributed by atoms with Crippen LogP contribution in [0.2, 0.25) is 10.0 Å². The molecule has 0 saturated carbocycles. The second-order valence-electron chi connectivity index (χ2n) is 3.54. The standard InChI is InChI=1S/C10H7Cl3N2O2S/c1-6-10(18(13,16)17)5-14-15(6)9-3-2-7(11)4-8(9)12/h2-5H,1H3. The predicted octanol–water partition coefficient (Wildman–Crippen LogP) is 3.42. The molecular formula is C10H7Cl3N2O2S. The molecule has 0 bridgehead atoms. The minimum absolute atomic E-state index is 0.0461. The molecule has 2 aromatic rings. The van der Waals surface area contributed by atoms with Crippen molar-refractivity contribution >= 4 is 42.9 Å². The average molecular weight is 326 g/mol. The third kappa shape index (κ3) is 2.49. The minimum atomic E-state index is -3.82. The summed E-state index contributed by atoms with van der Waals surface area (Å²) in [5.41, 5.74) is 0.916. The van der Waals surface area contributed by atoms with Crippen LogP contribution in [0.4, 0.5) is 0 Å². The van der Waals surface area contributed by atoms with E-state index in [4.69, 9.17) is 33.9 Å². The van der Waals surface area contributed by atoms with E-state index in [9.17, 15) is 8.42 Å². The van der Waals surface area contributed by atoms with Gasteiger partial charge in [-0.3, -0.25) is 0 Å². The van der Waals surface area contributed by atoms with Crippen LogP contribution < -0.4 is 0 Å². The zero-order valence-electron chi connectivity index (χ0n) is 9.06. The number of aromatic nitrogens is 2. The highest BCUT2D eigenvalue weighted by Gasteiger charge is 2.19. The van der Waals surface area contributed by atoms with E-state index in [-0.39, 0.29) is 4.90 Å². The summed E-state index contributed by atoms with van der Waals surface area (Å²) in [5, 5.41) is 4.82. The van der Waals surface area contributed by atoms with Crippen LogP contribution in [-0.2, 0) is 9.05 Å². The van der Waals surface area contributed by atoms with E-state index >= 15 is 0 Å². The van der Waals surface area contributed by atoms with Gasteiger partial charge >= 0.3 is 0 Å². The first-order valence-electron chi connectivity index (χ1n) is 4.75. The number of benzene rings is 1. The van der Waals surface area contributed by atoms with Crippen LogP contribution >= 0.6 is 33.9 Å². The summed E-state index contributed by atoms with van der Waals surface area (Å²) in [6, 6.07) is 4.84. The van der Waals surface area contributed by atoms with Crippen molar-refractivity contribution in [2.45, 2.75) is 11.8 Å². The van der Waals surface area contributed by atoms with Crippen molar-refractivity contribution in [2.75, 3.05) is 0 Å². The molecule has 1 aromatic carbocycles. The Morgan fingerprint density at radius 3 is 2.44 bits per heavy atom. The summed E-state index contributed by atoms with van der Waals surface area (Å²) >= 11 is 11.8.